The molecule has 0 fully saturated rings. The highest BCUT2D eigenvalue weighted by Gasteiger charge is 2.13. The molecule has 0 unspecified atom stereocenters. The Labute approximate surface area is 181 Å². The Morgan fingerprint density at radius 2 is 2.07 bits per heavy atom. The number of aromatic nitrogens is 3. The van der Waals surface area contributed by atoms with Gasteiger partial charge in [0.15, 0.2) is 11.8 Å². The molecule has 0 amide bonds. The van der Waals surface area contributed by atoms with E-state index < -0.39 is 0 Å². The van der Waals surface area contributed by atoms with E-state index in [2.05, 4.69) is 31.9 Å². The Balaban J connectivity index is 1.79. The summed E-state index contributed by atoms with van der Waals surface area (Å²) in [5.41, 5.74) is 1.04. The summed E-state index contributed by atoms with van der Waals surface area (Å²) in [4.78, 5) is 8.11. The summed E-state index contributed by atoms with van der Waals surface area (Å²) < 4.78 is 12.8. The predicted molar refractivity (Wildman–Crippen MR) is 119 cm³/mol. The lowest BCUT2D eigenvalue weighted by molar-refractivity contribution is 0.382. The van der Waals surface area contributed by atoms with Crippen LogP contribution in [0.1, 0.15) is 22.1 Å². The van der Waals surface area contributed by atoms with Crippen LogP contribution in [0.2, 0.25) is 0 Å². The number of rotatable bonds is 8. The number of ether oxygens (including phenoxy) is 2. The number of aliphatic imine (C=N–C) groups is 1. The number of nitrogens with zero attached hydrogens (tertiary/aromatic N) is 5. The van der Waals surface area contributed by atoms with E-state index in [1.165, 1.54) is 4.88 Å². The first-order valence-electron chi connectivity index (χ1n) is 9.59. The van der Waals surface area contributed by atoms with Crippen LogP contribution in [-0.2, 0) is 26.7 Å². The van der Waals surface area contributed by atoms with Gasteiger partial charge in [0, 0.05) is 37.1 Å². The third-order valence-corrected chi connectivity index (χ3v) is 5.69. The van der Waals surface area contributed by atoms with Crippen molar-refractivity contribution in [2.24, 2.45) is 12.0 Å². The average Bonchev–Trinajstić information content (AvgIpc) is 3.39. The Hall–Kier alpha value is -3.07. The normalized spacial score (nSPS) is 11.4. The summed E-state index contributed by atoms with van der Waals surface area (Å²) in [6.07, 6.45) is 0. The van der Waals surface area contributed by atoms with Crippen molar-refractivity contribution in [2.75, 3.05) is 21.3 Å². The monoisotopic (exact) mass is 428 g/mol. The maximum Gasteiger partial charge on any atom is 0.194 e. The van der Waals surface area contributed by atoms with E-state index in [-0.39, 0.29) is 0 Å². The van der Waals surface area contributed by atoms with E-state index in [4.69, 9.17) is 14.5 Å². The molecule has 0 saturated heterocycles. The standard InChI is InChI=1S/C21H28N6O2S/c1-15-24-25-20(27(15)3)13-23-21(22-12-18-7-6-10-30-18)26(2)14-16-8-9-17(28-4)11-19(16)29-5/h6-11H,12-14H2,1-5H3,(H,22,23). The van der Waals surface area contributed by atoms with Crippen LogP contribution < -0.4 is 14.8 Å². The molecule has 2 aromatic heterocycles. The van der Waals surface area contributed by atoms with E-state index in [0.29, 0.717) is 19.6 Å². The molecule has 0 aliphatic rings. The van der Waals surface area contributed by atoms with Gasteiger partial charge >= 0.3 is 0 Å². The van der Waals surface area contributed by atoms with Gasteiger partial charge in [-0.3, -0.25) is 0 Å². The van der Waals surface area contributed by atoms with E-state index in [0.717, 1.165) is 34.7 Å². The zero-order valence-electron chi connectivity index (χ0n) is 18.0. The number of aryl methyl sites for hydroxylation is 1. The molecule has 1 N–H and O–H groups in total. The van der Waals surface area contributed by atoms with Crippen LogP contribution in [0.15, 0.2) is 40.7 Å². The lowest BCUT2D eigenvalue weighted by atomic mass is 10.2. The van der Waals surface area contributed by atoms with Gasteiger partial charge in [0.2, 0.25) is 0 Å². The number of hydrogen-bond donors (Lipinski definition) is 1. The zero-order valence-corrected chi connectivity index (χ0v) is 18.9. The van der Waals surface area contributed by atoms with E-state index >= 15 is 0 Å². The van der Waals surface area contributed by atoms with Crippen molar-refractivity contribution in [3.8, 4) is 11.5 Å². The first kappa shape index (κ1) is 21.6. The molecular weight excluding hydrogens is 400 g/mol. The number of guanidine groups is 1. The highest BCUT2D eigenvalue weighted by molar-refractivity contribution is 7.09. The summed E-state index contributed by atoms with van der Waals surface area (Å²) in [6, 6.07) is 9.99. The fourth-order valence-corrected chi connectivity index (χ4v) is 3.58. The molecule has 0 aliphatic carbocycles. The Morgan fingerprint density at radius 1 is 1.23 bits per heavy atom. The minimum absolute atomic E-state index is 0.439. The molecule has 8 nitrogen and oxygen atoms in total. The Kier molecular flexibility index (Phi) is 7.29. The van der Waals surface area contributed by atoms with Crippen LogP contribution in [0.5, 0.6) is 11.5 Å². The van der Waals surface area contributed by atoms with Crippen LogP contribution in [-0.4, -0.2) is 46.9 Å². The fraction of sp³-hybridized carbons (Fsp3) is 0.381. The van der Waals surface area contributed by atoms with Gasteiger partial charge < -0.3 is 24.3 Å². The third kappa shape index (κ3) is 5.29. The van der Waals surface area contributed by atoms with Gasteiger partial charge in [0.05, 0.1) is 20.8 Å². The van der Waals surface area contributed by atoms with Crippen LogP contribution in [0, 0.1) is 6.92 Å². The SMILES string of the molecule is COc1ccc(CN(C)C(=NCc2nnc(C)n2C)NCc2cccs2)c(OC)c1. The Morgan fingerprint density at radius 3 is 2.70 bits per heavy atom. The molecule has 160 valence electrons. The van der Waals surface area contributed by atoms with Gasteiger partial charge in [-0.1, -0.05) is 6.07 Å². The molecule has 3 aromatic rings. The predicted octanol–water partition coefficient (Wildman–Crippen LogP) is 2.98. The lowest BCUT2D eigenvalue weighted by Gasteiger charge is -2.23. The molecule has 0 atom stereocenters. The van der Waals surface area contributed by atoms with Gasteiger partial charge in [-0.25, -0.2) is 4.99 Å². The van der Waals surface area contributed by atoms with Crippen molar-refractivity contribution >= 4 is 17.3 Å². The highest BCUT2D eigenvalue weighted by Crippen LogP contribution is 2.25. The van der Waals surface area contributed by atoms with Crippen molar-refractivity contribution in [2.45, 2.75) is 26.6 Å². The van der Waals surface area contributed by atoms with E-state index in [1.54, 1.807) is 25.6 Å². The van der Waals surface area contributed by atoms with E-state index in [1.807, 2.05) is 49.9 Å². The van der Waals surface area contributed by atoms with Gasteiger partial charge in [-0.2, -0.15) is 0 Å². The molecule has 2 heterocycles. The number of hydrogen-bond acceptors (Lipinski definition) is 6. The minimum atomic E-state index is 0.439. The van der Waals surface area contributed by atoms with Crippen LogP contribution in [0.25, 0.3) is 0 Å². The maximum absolute atomic E-state index is 5.55. The molecule has 30 heavy (non-hydrogen) atoms. The number of nitrogens with one attached hydrogen (secondary N) is 1. The molecular formula is C21H28N6O2S. The van der Waals surface area contributed by atoms with E-state index in [9.17, 15) is 0 Å². The first-order valence-corrected chi connectivity index (χ1v) is 10.5. The van der Waals surface area contributed by atoms with Gasteiger partial charge in [0.1, 0.15) is 23.9 Å². The quantitative estimate of drug-likeness (QED) is 0.439. The summed E-state index contributed by atoms with van der Waals surface area (Å²) in [7, 11) is 7.27. The average molecular weight is 429 g/mol. The van der Waals surface area contributed by atoms with Crippen LogP contribution >= 0.6 is 11.3 Å². The fourth-order valence-electron chi connectivity index (χ4n) is 2.94. The van der Waals surface area contributed by atoms with Gasteiger partial charge in [0.25, 0.3) is 0 Å². The Bertz CT molecular complexity index is 984. The largest absolute Gasteiger partial charge is 0.497 e. The molecule has 0 bridgehead atoms. The molecule has 3 rings (SSSR count). The van der Waals surface area contributed by atoms with Crippen molar-refractivity contribution in [1.82, 2.24) is 25.0 Å². The summed E-state index contributed by atoms with van der Waals surface area (Å²) in [5.74, 6) is 4.01. The van der Waals surface area contributed by atoms with Gasteiger partial charge in [-0.15, -0.1) is 21.5 Å². The minimum Gasteiger partial charge on any atom is -0.497 e. The third-order valence-electron chi connectivity index (χ3n) is 4.82. The van der Waals surface area contributed by atoms with Crippen LogP contribution in [0.3, 0.4) is 0 Å². The second-order valence-electron chi connectivity index (χ2n) is 6.83. The van der Waals surface area contributed by atoms with Crippen LogP contribution in [0.4, 0.5) is 0 Å². The van der Waals surface area contributed by atoms with Crippen molar-refractivity contribution < 1.29 is 9.47 Å². The molecule has 1 aromatic carbocycles. The molecule has 9 heteroatoms. The van der Waals surface area contributed by atoms with Crippen molar-refractivity contribution in [3.05, 3.63) is 57.8 Å². The summed E-state index contributed by atoms with van der Waals surface area (Å²) >= 11 is 1.71. The number of benzene rings is 1. The second kappa shape index (κ2) is 10.1. The number of methoxy groups -OCH3 is 2. The zero-order chi connectivity index (χ0) is 21.5. The molecule has 0 aliphatic heterocycles. The smallest absolute Gasteiger partial charge is 0.194 e. The molecule has 0 radical (unpaired) electrons. The summed E-state index contributed by atoms with van der Waals surface area (Å²) in [6.45, 7) is 3.70. The van der Waals surface area contributed by atoms with Crippen molar-refractivity contribution in [1.29, 1.82) is 0 Å². The topological polar surface area (TPSA) is 76.8 Å². The highest BCUT2D eigenvalue weighted by atomic mass is 32.1. The maximum atomic E-state index is 5.55. The molecule has 0 spiro atoms. The summed E-state index contributed by atoms with van der Waals surface area (Å²) in [5, 5.41) is 13.9. The number of thiophene rings is 1. The first-order chi connectivity index (χ1) is 14.5. The molecule has 0 saturated carbocycles. The lowest BCUT2D eigenvalue weighted by Crippen LogP contribution is -2.38. The van der Waals surface area contributed by atoms with Crippen molar-refractivity contribution in [3.63, 3.8) is 0 Å². The second-order valence-corrected chi connectivity index (χ2v) is 7.86. The van der Waals surface area contributed by atoms with Gasteiger partial charge in [-0.05, 0) is 30.5 Å².